The van der Waals surface area contributed by atoms with Crippen molar-refractivity contribution in [3.05, 3.63) is 23.5 Å². The molecule has 6 aliphatic rings. The van der Waals surface area contributed by atoms with Gasteiger partial charge in [0.1, 0.15) is 17.3 Å². The van der Waals surface area contributed by atoms with Crippen molar-refractivity contribution in [2.75, 3.05) is 11.0 Å². The highest BCUT2D eigenvalue weighted by Crippen LogP contribution is 2.77. The van der Waals surface area contributed by atoms with Crippen molar-refractivity contribution in [3.8, 4) is 0 Å². The van der Waals surface area contributed by atoms with Gasteiger partial charge in [0.25, 0.3) is 0 Å². The van der Waals surface area contributed by atoms with Crippen LogP contribution in [0.2, 0.25) is 0 Å². The van der Waals surface area contributed by atoms with E-state index < -0.39 is 40.5 Å². The van der Waals surface area contributed by atoms with Crippen molar-refractivity contribution in [3.63, 3.8) is 0 Å². The number of rotatable bonds is 5. The van der Waals surface area contributed by atoms with Crippen LogP contribution in [0.15, 0.2) is 23.5 Å². The Labute approximate surface area is 239 Å². The molecule has 38 heavy (non-hydrogen) atoms. The Hall–Kier alpha value is -0.520. The highest BCUT2D eigenvalue weighted by atomic mass is 127. The van der Waals surface area contributed by atoms with Gasteiger partial charge in [-0.2, -0.15) is 0 Å². The molecule has 0 aromatic heterocycles. The molecule has 7 nitrogen and oxygen atoms in total. The zero-order valence-electron chi connectivity index (χ0n) is 23.3. The zero-order valence-corrected chi connectivity index (χ0v) is 25.5. The first kappa shape index (κ1) is 27.6. The molecule has 1 spiro atoms. The number of fused-ring (bicyclic) bond motifs is 3. The molecule has 2 heterocycles. The third kappa shape index (κ3) is 3.22. The zero-order chi connectivity index (χ0) is 27.5. The van der Waals surface area contributed by atoms with E-state index in [2.05, 4.69) is 49.9 Å². The van der Waals surface area contributed by atoms with Gasteiger partial charge in [-0.1, -0.05) is 56.4 Å². The number of allylic oxidation sites excluding steroid dienone is 2. The normalized spacial score (nSPS) is 48.2. The molecule has 0 aromatic rings. The predicted molar refractivity (Wildman–Crippen MR) is 149 cm³/mol. The molecule has 8 heteroatoms. The van der Waals surface area contributed by atoms with Crippen LogP contribution in [-0.2, 0) is 23.7 Å². The molecule has 2 N–H and O–H groups in total. The van der Waals surface area contributed by atoms with Crippen molar-refractivity contribution < 1.29 is 34.0 Å². The number of ketones is 1. The maximum absolute atomic E-state index is 14.4. The van der Waals surface area contributed by atoms with E-state index in [4.69, 9.17) is 18.9 Å². The van der Waals surface area contributed by atoms with Crippen molar-refractivity contribution in [1.29, 1.82) is 0 Å². The number of Topliss-reactive ketones (excluding diaryl/α,β-unsaturated/α-hetero) is 1. The second kappa shape index (κ2) is 8.74. The Morgan fingerprint density at radius 2 is 1.92 bits per heavy atom. The molecule has 4 fully saturated rings. The van der Waals surface area contributed by atoms with Crippen LogP contribution in [0.4, 0.5) is 0 Å². The van der Waals surface area contributed by atoms with Crippen LogP contribution in [0, 0.1) is 34.0 Å². The summed E-state index contributed by atoms with van der Waals surface area (Å²) in [6, 6.07) is 0. The quantitative estimate of drug-likeness (QED) is 0.188. The monoisotopic (exact) mass is 642 g/mol. The fourth-order valence-electron chi connectivity index (χ4n) is 9.68. The highest BCUT2D eigenvalue weighted by Gasteiger charge is 2.86. The molecule has 0 radical (unpaired) electrons. The molecule has 212 valence electrons. The first-order valence-electron chi connectivity index (χ1n) is 14.4. The molecule has 0 aromatic carbocycles. The number of unbranched alkanes of at least 4 members (excludes halogenated alkanes) is 1. The van der Waals surface area contributed by atoms with Gasteiger partial charge < -0.3 is 29.2 Å². The largest absolute Gasteiger partial charge is 0.469 e. The Morgan fingerprint density at radius 1 is 1.18 bits per heavy atom. The molecular formula is C30H43IO7. The van der Waals surface area contributed by atoms with Gasteiger partial charge in [-0.05, 0) is 68.4 Å². The summed E-state index contributed by atoms with van der Waals surface area (Å²) in [6.07, 6.45) is 3.61. The molecule has 9 atom stereocenters. The van der Waals surface area contributed by atoms with E-state index in [1.165, 1.54) is 5.57 Å². The summed E-state index contributed by atoms with van der Waals surface area (Å²) < 4.78 is 26.5. The number of halogens is 1. The summed E-state index contributed by atoms with van der Waals surface area (Å²) in [5.41, 5.74) is -0.756. The van der Waals surface area contributed by atoms with Crippen molar-refractivity contribution >= 4 is 28.4 Å². The number of alkyl halides is 1. The van der Waals surface area contributed by atoms with E-state index in [0.717, 1.165) is 44.3 Å². The first-order valence-corrected chi connectivity index (χ1v) is 15.9. The number of aliphatic hydroxyl groups is 2. The van der Waals surface area contributed by atoms with Crippen LogP contribution in [-0.4, -0.2) is 57.1 Å². The third-order valence-electron chi connectivity index (χ3n) is 10.8. The number of ether oxygens (including phenoxy) is 4. The second-order valence-electron chi connectivity index (χ2n) is 13.7. The lowest BCUT2D eigenvalue weighted by atomic mass is 9.38. The van der Waals surface area contributed by atoms with E-state index in [0.29, 0.717) is 23.0 Å². The van der Waals surface area contributed by atoms with Crippen molar-refractivity contribution in [1.82, 2.24) is 0 Å². The second-order valence-corrected chi connectivity index (χ2v) is 14.5. The van der Waals surface area contributed by atoms with Crippen LogP contribution in [0.25, 0.3) is 0 Å². The number of hydrogen-bond acceptors (Lipinski definition) is 7. The number of aliphatic hydroxyl groups excluding tert-OH is 1. The highest BCUT2D eigenvalue weighted by molar-refractivity contribution is 14.1. The van der Waals surface area contributed by atoms with Gasteiger partial charge in [0.2, 0.25) is 5.79 Å². The van der Waals surface area contributed by atoms with E-state index in [9.17, 15) is 15.0 Å². The van der Waals surface area contributed by atoms with Gasteiger partial charge in [-0.15, -0.1) is 0 Å². The molecule has 0 unspecified atom stereocenters. The summed E-state index contributed by atoms with van der Waals surface area (Å²) in [6.45, 7) is 14.9. The fraction of sp³-hybridized carbons (Fsp3) is 0.833. The lowest BCUT2D eigenvalue weighted by Crippen LogP contribution is -2.83. The van der Waals surface area contributed by atoms with Gasteiger partial charge >= 0.3 is 0 Å². The predicted octanol–water partition coefficient (Wildman–Crippen LogP) is 5.03. The topological polar surface area (TPSA) is 94.5 Å². The lowest BCUT2D eigenvalue weighted by Gasteiger charge is -2.72. The average molecular weight is 643 g/mol. The minimum Gasteiger partial charge on any atom is -0.469 e. The first-order chi connectivity index (χ1) is 17.8. The minimum atomic E-state index is -2.10. The fourth-order valence-corrected chi connectivity index (χ4v) is 11.0. The summed E-state index contributed by atoms with van der Waals surface area (Å²) >= 11 is 2.42. The molecule has 1 saturated heterocycles. The van der Waals surface area contributed by atoms with E-state index >= 15 is 0 Å². The minimum absolute atomic E-state index is 0.203. The smallest absolute Gasteiger partial charge is 0.211 e. The van der Waals surface area contributed by atoms with E-state index in [-0.39, 0.29) is 29.3 Å². The maximum Gasteiger partial charge on any atom is 0.211 e. The maximum atomic E-state index is 14.4. The van der Waals surface area contributed by atoms with Gasteiger partial charge in [0, 0.05) is 28.1 Å². The molecule has 2 aliphatic heterocycles. The molecular weight excluding hydrogens is 599 g/mol. The molecule has 4 aliphatic carbocycles. The summed E-state index contributed by atoms with van der Waals surface area (Å²) in [7, 11) is 0. The molecule has 2 bridgehead atoms. The Kier molecular flexibility index (Phi) is 6.36. The van der Waals surface area contributed by atoms with Crippen LogP contribution in [0.3, 0.4) is 0 Å². The van der Waals surface area contributed by atoms with Crippen LogP contribution in [0.5, 0.6) is 0 Å². The Balaban J connectivity index is 1.57. The summed E-state index contributed by atoms with van der Waals surface area (Å²) in [5.74, 6) is -3.53. The molecule has 3 saturated carbocycles. The summed E-state index contributed by atoms with van der Waals surface area (Å²) in [5, 5.41) is 25.0. The van der Waals surface area contributed by atoms with Gasteiger partial charge in [-0.25, -0.2) is 0 Å². The third-order valence-corrected chi connectivity index (χ3v) is 12.0. The average Bonchev–Trinajstić information content (AvgIpc) is 2.96. The van der Waals surface area contributed by atoms with Gasteiger partial charge in [-0.3, -0.25) is 4.79 Å². The SMILES string of the molecule is C=C1C(=O)[C@@]23[C@@H]4OC(C)(C)O[C@@]2(O)[C@@H](O)[C@@H]2C(C)(C)CC5=C(O[C@H](OCCCC)CC5)[C@@]2(CI)[C@@H]3CC[C@@H]14. The van der Waals surface area contributed by atoms with Gasteiger partial charge in [0.15, 0.2) is 17.9 Å². The Bertz CT molecular complexity index is 1080. The van der Waals surface area contributed by atoms with Gasteiger partial charge in [0.05, 0.1) is 12.7 Å². The van der Waals surface area contributed by atoms with Crippen LogP contribution in [0.1, 0.15) is 79.6 Å². The van der Waals surface area contributed by atoms with Crippen molar-refractivity contribution in [2.45, 2.75) is 110 Å². The lowest BCUT2D eigenvalue weighted by molar-refractivity contribution is -0.488. The van der Waals surface area contributed by atoms with E-state index in [1.54, 1.807) is 13.8 Å². The number of carbonyl (C=O) groups excluding carboxylic acids is 1. The number of hydrogen-bond donors (Lipinski definition) is 2. The molecule has 6 rings (SSSR count). The van der Waals surface area contributed by atoms with Crippen molar-refractivity contribution in [2.24, 2.45) is 34.0 Å². The van der Waals surface area contributed by atoms with E-state index in [1.807, 2.05) is 0 Å². The summed E-state index contributed by atoms with van der Waals surface area (Å²) in [4.78, 5) is 14.4. The van der Waals surface area contributed by atoms with Crippen LogP contribution < -0.4 is 0 Å². The standard InChI is InChI=1S/C30H43IO7/c1-7-8-13-35-20-12-9-17-14-26(3,4)21-23(33)30(34)29-19(28(21,15-31)24(17)36-20)11-10-18(16(2)22(29)32)25(29)37-27(5,6)38-30/h18-21,23,25,33-34H,2,7-15H2,1,3-6H3/t18-,19-,20-,21+,23-,25+,28-,29-,30-/m0/s1. The van der Waals surface area contributed by atoms with Crippen LogP contribution >= 0.6 is 22.6 Å². The Morgan fingerprint density at radius 3 is 2.61 bits per heavy atom. The number of carbonyl (C=O) groups is 1. The molecule has 0 amide bonds.